The van der Waals surface area contributed by atoms with Gasteiger partial charge in [0.25, 0.3) is 5.69 Å². The molecule has 0 aliphatic heterocycles. The minimum absolute atomic E-state index is 0.0410. The zero-order chi connectivity index (χ0) is 17.0. The van der Waals surface area contributed by atoms with Gasteiger partial charge in [-0.2, -0.15) is 0 Å². The summed E-state index contributed by atoms with van der Waals surface area (Å²) in [6.45, 7) is -0.122. The van der Waals surface area contributed by atoms with Crippen LogP contribution in [0.5, 0.6) is 0 Å². The zero-order valence-corrected chi connectivity index (χ0v) is 12.0. The minimum atomic E-state index is -0.749. The molecule has 0 heterocycles. The summed E-state index contributed by atoms with van der Waals surface area (Å²) in [6, 6.07) is 6.66. The smallest absolute Gasteiger partial charge is 0.337 e. The van der Waals surface area contributed by atoms with Crippen molar-refractivity contribution in [2.75, 3.05) is 12.4 Å². The topological polar surface area (TPSA) is 81.5 Å². The van der Waals surface area contributed by atoms with Gasteiger partial charge in [-0.05, 0) is 30.3 Å². The van der Waals surface area contributed by atoms with Crippen LogP contribution in [0.3, 0.4) is 0 Å². The molecular formula is C15H12F2N2O4. The third-order valence-electron chi connectivity index (χ3n) is 3.09. The number of nitro benzene ring substituents is 1. The summed E-state index contributed by atoms with van der Waals surface area (Å²) in [6.07, 6.45) is 0. The number of esters is 1. The monoisotopic (exact) mass is 322 g/mol. The predicted octanol–water partition coefficient (Wildman–Crippen LogP) is 3.27. The van der Waals surface area contributed by atoms with Crippen LogP contribution in [0.25, 0.3) is 0 Å². The molecule has 0 amide bonds. The van der Waals surface area contributed by atoms with Crippen LogP contribution in [-0.4, -0.2) is 18.0 Å². The van der Waals surface area contributed by atoms with E-state index in [0.29, 0.717) is 0 Å². The van der Waals surface area contributed by atoms with E-state index in [1.807, 2.05) is 0 Å². The lowest BCUT2D eigenvalue weighted by Crippen LogP contribution is -2.07. The van der Waals surface area contributed by atoms with Gasteiger partial charge in [-0.15, -0.1) is 0 Å². The maximum absolute atomic E-state index is 13.8. The van der Waals surface area contributed by atoms with Crippen molar-refractivity contribution < 1.29 is 23.2 Å². The summed E-state index contributed by atoms with van der Waals surface area (Å²) >= 11 is 0. The average Bonchev–Trinajstić information content (AvgIpc) is 2.54. The van der Waals surface area contributed by atoms with E-state index in [-0.39, 0.29) is 23.4 Å². The van der Waals surface area contributed by atoms with Crippen molar-refractivity contribution in [3.63, 3.8) is 0 Å². The molecular weight excluding hydrogens is 310 g/mol. The minimum Gasteiger partial charge on any atom is -0.465 e. The molecule has 2 aromatic carbocycles. The third kappa shape index (κ3) is 3.79. The number of rotatable bonds is 5. The summed E-state index contributed by atoms with van der Waals surface area (Å²) in [5, 5.41) is 13.6. The van der Waals surface area contributed by atoms with E-state index in [9.17, 15) is 23.7 Å². The first kappa shape index (κ1) is 16.3. The molecule has 0 bridgehead atoms. The van der Waals surface area contributed by atoms with Crippen molar-refractivity contribution in [3.8, 4) is 0 Å². The molecule has 0 aromatic heterocycles. The Kier molecular flexibility index (Phi) is 4.85. The summed E-state index contributed by atoms with van der Waals surface area (Å²) in [7, 11) is 1.20. The molecule has 0 saturated heterocycles. The second-order valence-electron chi connectivity index (χ2n) is 4.57. The van der Waals surface area contributed by atoms with Crippen molar-refractivity contribution >= 4 is 17.3 Å². The first-order chi connectivity index (χ1) is 10.9. The van der Waals surface area contributed by atoms with Crippen LogP contribution in [-0.2, 0) is 11.3 Å². The molecule has 0 aliphatic rings. The Morgan fingerprint density at radius 3 is 2.65 bits per heavy atom. The van der Waals surface area contributed by atoms with Gasteiger partial charge in [-0.25, -0.2) is 13.6 Å². The standard InChI is InChI=1S/C15H12F2N2O4/c1-23-15(20)9-2-4-12(17)10(6-9)8-18-13-5-3-11(16)7-14(13)19(21)22/h2-7,18H,8H2,1H3. The summed E-state index contributed by atoms with van der Waals surface area (Å²) in [5.74, 6) is -1.96. The molecule has 0 atom stereocenters. The van der Waals surface area contributed by atoms with Crippen molar-refractivity contribution in [2.45, 2.75) is 6.54 Å². The fourth-order valence-electron chi connectivity index (χ4n) is 1.95. The van der Waals surface area contributed by atoms with Gasteiger partial charge in [0.15, 0.2) is 0 Å². The SMILES string of the molecule is COC(=O)c1ccc(F)c(CNc2ccc(F)cc2[N+](=O)[O-])c1. The lowest BCUT2D eigenvalue weighted by Gasteiger charge is -2.09. The van der Waals surface area contributed by atoms with Crippen LogP contribution in [0.4, 0.5) is 20.2 Å². The molecule has 0 fully saturated rings. The largest absolute Gasteiger partial charge is 0.465 e. The molecule has 2 aromatic rings. The number of carbonyl (C=O) groups is 1. The van der Waals surface area contributed by atoms with Crippen LogP contribution in [0, 0.1) is 21.7 Å². The highest BCUT2D eigenvalue weighted by Crippen LogP contribution is 2.26. The number of hydrogen-bond acceptors (Lipinski definition) is 5. The number of nitro groups is 1. The Morgan fingerprint density at radius 2 is 2.00 bits per heavy atom. The second kappa shape index (κ2) is 6.82. The Morgan fingerprint density at radius 1 is 1.26 bits per heavy atom. The number of nitrogens with zero attached hydrogens (tertiary/aromatic N) is 1. The quantitative estimate of drug-likeness (QED) is 0.519. The van der Waals surface area contributed by atoms with Gasteiger partial charge in [-0.1, -0.05) is 0 Å². The molecule has 0 aliphatic carbocycles. The maximum Gasteiger partial charge on any atom is 0.337 e. The number of nitrogens with one attached hydrogen (secondary N) is 1. The summed E-state index contributed by atoms with van der Waals surface area (Å²) < 4.78 is 31.4. The number of ether oxygens (including phenoxy) is 1. The summed E-state index contributed by atoms with van der Waals surface area (Å²) in [4.78, 5) is 21.6. The van der Waals surface area contributed by atoms with E-state index >= 15 is 0 Å². The number of halogens is 2. The molecule has 2 rings (SSSR count). The number of benzene rings is 2. The zero-order valence-electron chi connectivity index (χ0n) is 12.0. The van der Waals surface area contributed by atoms with E-state index in [1.165, 1.54) is 25.3 Å². The molecule has 0 unspecified atom stereocenters. The molecule has 6 nitrogen and oxygen atoms in total. The Labute approximate surface area is 129 Å². The van der Waals surface area contributed by atoms with Crippen LogP contribution >= 0.6 is 0 Å². The molecule has 1 N–H and O–H groups in total. The number of carbonyl (C=O) groups excluding carboxylic acids is 1. The first-order valence-corrected chi connectivity index (χ1v) is 6.47. The van der Waals surface area contributed by atoms with E-state index in [0.717, 1.165) is 18.2 Å². The first-order valence-electron chi connectivity index (χ1n) is 6.47. The van der Waals surface area contributed by atoms with Crippen LogP contribution < -0.4 is 5.32 Å². The van der Waals surface area contributed by atoms with Crippen molar-refractivity contribution in [2.24, 2.45) is 0 Å². The number of hydrogen-bond donors (Lipinski definition) is 1. The fraction of sp³-hybridized carbons (Fsp3) is 0.133. The maximum atomic E-state index is 13.8. The number of anilines is 1. The average molecular weight is 322 g/mol. The van der Waals surface area contributed by atoms with Crippen LogP contribution in [0.2, 0.25) is 0 Å². The van der Waals surface area contributed by atoms with Gasteiger partial charge in [0, 0.05) is 12.1 Å². The highest BCUT2D eigenvalue weighted by molar-refractivity contribution is 5.89. The van der Waals surface area contributed by atoms with Crippen molar-refractivity contribution in [1.29, 1.82) is 0 Å². The number of methoxy groups -OCH3 is 1. The fourth-order valence-corrected chi connectivity index (χ4v) is 1.95. The third-order valence-corrected chi connectivity index (χ3v) is 3.09. The molecule has 0 spiro atoms. The highest BCUT2D eigenvalue weighted by Gasteiger charge is 2.16. The Bertz CT molecular complexity index is 765. The van der Waals surface area contributed by atoms with Gasteiger partial charge < -0.3 is 10.1 Å². The van der Waals surface area contributed by atoms with E-state index in [4.69, 9.17) is 0 Å². The van der Waals surface area contributed by atoms with Gasteiger partial charge in [0.1, 0.15) is 17.3 Å². The van der Waals surface area contributed by atoms with Gasteiger partial charge >= 0.3 is 5.97 Å². The normalized spacial score (nSPS) is 10.2. The van der Waals surface area contributed by atoms with Gasteiger partial charge in [0.05, 0.1) is 23.7 Å². The molecule has 23 heavy (non-hydrogen) atoms. The van der Waals surface area contributed by atoms with E-state index < -0.39 is 28.2 Å². The Hall–Kier alpha value is -3.03. The molecule has 0 saturated carbocycles. The van der Waals surface area contributed by atoms with Crippen LogP contribution in [0.15, 0.2) is 36.4 Å². The van der Waals surface area contributed by atoms with Gasteiger partial charge in [0.2, 0.25) is 0 Å². The lowest BCUT2D eigenvalue weighted by atomic mass is 10.1. The molecule has 8 heteroatoms. The highest BCUT2D eigenvalue weighted by atomic mass is 19.1. The second-order valence-corrected chi connectivity index (χ2v) is 4.57. The van der Waals surface area contributed by atoms with Crippen molar-refractivity contribution in [3.05, 3.63) is 69.3 Å². The lowest BCUT2D eigenvalue weighted by molar-refractivity contribution is -0.384. The summed E-state index contributed by atoms with van der Waals surface area (Å²) in [5.41, 5.74) is -0.153. The predicted molar refractivity (Wildman–Crippen MR) is 78.1 cm³/mol. The van der Waals surface area contributed by atoms with E-state index in [2.05, 4.69) is 10.1 Å². The van der Waals surface area contributed by atoms with Crippen molar-refractivity contribution in [1.82, 2.24) is 0 Å². The van der Waals surface area contributed by atoms with E-state index in [1.54, 1.807) is 0 Å². The van der Waals surface area contributed by atoms with Gasteiger partial charge in [-0.3, -0.25) is 10.1 Å². The van der Waals surface area contributed by atoms with Crippen LogP contribution in [0.1, 0.15) is 15.9 Å². The Balaban J connectivity index is 2.24. The molecule has 120 valence electrons. The molecule has 0 radical (unpaired) electrons.